The van der Waals surface area contributed by atoms with Crippen LogP contribution in [0.5, 0.6) is 0 Å². The summed E-state index contributed by atoms with van der Waals surface area (Å²) in [4.78, 5) is 0. The van der Waals surface area contributed by atoms with Crippen LogP contribution in [0.25, 0.3) is 5.76 Å². The second kappa shape index (κ2) is 8.07. The lowest BCUT2D eigenvalue weighted by atomic mass is 9.52. The van der Waals surface area contributed by atoms with E-state index in [1.807, 2.05) is 7.11 Å². The van der Waals surface area contributed by atoms with Crippen LogP contribution in [0.1, 0.15) is 57.1 Å². The SMILES string of the molecule is CC[N+](C)(CC)CCOC12CC3CC(C1)C(=C(OC)c1cccc(C)c1)C(C3)C2. The van der Waals surface area contributed by atoms with Gasteiger partial charge in [0, 0.05) is 5.56 Å². The molecular formula is C26H40NO2+. The molecule has 4 aliphatic rings. The number of ether oxygens (including phenoxy) is 2. The van der Waals surface area contributed by atoms with Gasteiger partial charge in [-0.05, 0) is 82.3 Å². The van der Waals surface area contributed by atoms with E-state index in [0.717, 1.165) is 29.3 Å². The topological polar surface area (TPSA) is 18.5 Å². The molecule has 0 aromatic heterocycles. The van der Waals surface area contributed by atoms with Crippen molar-refractivity contribution in [3.05, 3.63) is 41.0 Å². The number of allylic oxidation sites excluding steroid dienone is 1. The Morgan fingerprint density at radius 1 is 1.10 bits per heavy atom. The van der Waals surface area contributed by atoms with Crippen LogP contribution < -0.4 is 0 Å². The molecule has 0 amide bonds. The van der Waals surface area contributed by atoms with Gasteiger partial charge in [0.2, 0.25) is 0 Å². The molecule has 0 N–H and O–H groups in total. The summed E-state index contributed by atoms with van der Waals surface area (Å²) in [6, 6.07) is 8.81. The second-order valence-corrected chi connectivity index (χ2v) is 10.2. The van der Waals surface area contributed by atoms with E-state index in [-0.39, 0.29) is 5.60 Å². The van der Waals surface area contributed by atoms with Crippen molar-refractivity contribution in [1.29, 1.82) is 0 Å². The largest absolute Gasteiger partial charge is 0.496 e. The summed E-state index contributed by atoms with van der Waals surface area (Å²) in [5.41, 5.74) is 4.27. The highest BCUT2D eigenvalue weighted by Gasteiger charge is 2.55. The summed E-state index contributed by atoms with van der Waals surface area (Å²) in [5.74, 6) is 3.26. The van der Waals surface area contributed by atoms with Crippen molar-refractivity contribution in [2.75, 3.05) is 40.4 Å². The maximum atomic E-state index is 6.75. The molecule has 160 valence electrons. The van der Waals surface area contributed by atoms with Crippen LogP contribution in [-0.4, -0.2) is 50.5 Å². The van der Waals surface area contributed by atoms with Gasteiger partial charge in [-0.3, -0.25) is 0 Å². The van der Waals surface area contributed by atoms with Crippen LogP contribution in [0.3, 0.4) is 0 Å². The summed E-state index contributed by atoms with van der Waals surface area (Å²) in [7, 11) is 4.22. The number of quaternary nitrogens is 1. The molecule has 4 aliphatic carbocycles. The lowest BCUT2D eigenvalue weighted by molar-refractivity contribution is -0.906. The first-order valence-corrected chi connectivity index (χ1v) is 11.7. The number of rotatable bonds is 8. The van der Waals surface area contributed by atoms with Gasteiger partial charge < -0.3 is 14.0 Å². The van der Waals surface area contributed by atoms with Gasteiger partial charge in [-0.25, -0.2) is 0 Å². The highest BCUT2D eigenvalue weighted by molar-refractivity contribution is 5.65. The first-order valence-electron chi connectivity index (χ1n) is 11.7. The van der Waals surface area contributed by atoms with Gasteiger partial charge >= 0.3 is 0 Å². The summed E-state index contributed by atoms with van der Waals surface area (Å²) >= 11 is 0. The zero-order chi connectivity index (χ0) is 20.6. The first-order chi connectivity index (χ1) is 13.9. The summed E-state index contributed by atoms with van der Waals surface area (Å²) in [5, 5.41) is 0. The van der Waals surface area contributed by atoms with Crippen molar-refractivity contribution in [2.24, 2.45) is 17.8 Å². The Labute approximate surface area is 177 Å². The molecule has 29 heavy (non-hydrogen) atoms. The lowest BCUT2D eigenvalue weighted by Crippen LogP contribution is -2.54. The summed E-state index contributed by atoms with van der Waals surface area (Å²) in [6.07, 6.45) is 6.31. The van der Waals surface area contributed by atoms with Crippen LogP contribution in [0.15, 0.2) is 29.8 Å². The molecule has 0 radical (unpaired) electrons. The number of nitrogens with zero attached hydrogens (tertiary/aromatic N) is 1. The van der Waals surface area contributed by atoms with Gasteiger partial charge in [-0.2, -0.15) is 0 Å². The van der Waals surface area contributed by atoms with Crippen molar-refractivity contribution in [1.82, 2.24) is 0 Å². The maximum absolute atomic E-state index is 6.75. The van der Waals surface area contributed by atoms with Crippen molar-refractivity contribution in [3.8, 4) is 0 Å². The minimum absolute atomic E-state index is 0.123. The van der Waals surface area contributed by atoms with Crippen molar-refractivity contribution in [3.63, 3.8) is 0 Å². The maximum Gasteiger partial charge on any atom is 0.125 e. The summed E-state index contributed by atoms with van der Waals surface area (Å²) in [6.45, 7) is 11.1. The number of aryl methyl sites for hydroxylation is 1. The van der Waals surface area contributed by atoms with E-state index in [0.29, 0.717) is 11.8 Å². The molecule has 1 aromatic carbocycles. The fourth-order valence-corrected chi connectivity index (χ4v) is 6.47. The van der Waals surface area contributed by atoms with E-state index in [2.05, 4.69) is 52.1 Å². The number of likely N-dealkylation sites (N-methyl/N-ethyl adjacent to an activating group) is 1. The molecule has 4 bridgehead atoms. The van der Waals surface area contributed by atoms with E-state index >= 15 is 0 Å². The molecule has 0 saturated heterocycles. The number of hydrogen-bond donors (Lipinski definition) is 0. The molecule has 4 saturated carbocycles. The molecule has 2 unspecified atom stereocenters. The van der Waals surface area contributed by atoms with E-state index < -0.39 is 0 Å². The highest BCUT2D eigenvalue weighted by atomic mass is 16.5. The number of hydrogen-bond acceptors (Lipinski definition) is 2. The van der Waals surface area contributed by atoms with Gasteiger partial charge in [-0.1, -0.05) is 23.8 Å². The monoisotopic (exact) mass is 398 g/mol. The van der Waals surface area contributed by atoms with Gasteiger partial charge in [-0.15, -0.1) is 0 Å². The van der Waals surface area contributed by atoms with Gasteiger partial charge in [0.25, 0.3) is 0 Å². The van der Waals surface area contributed by atoms with Gasteiger partial charge in [0.1, 0.15) is 12.3 Å². The van der Waals surface area contributed by atoms with Crippen molar-refractivity contribution >= 4 is 5.76 Å². The first kappa shape index (κ1) is 20.9. The highest BCUT2D eigenvalue weighted by Crippen LogP contribution is 2.60. The van der Waals surface area contributed by atoms with E-state index in [1.54, 1.807) is 5.57 Å². The molecule has 4 fully saturated rings. The number of methoxy groups -OCH3 is 1. The van der Waals surface area contributed by atoms with Crippen molar-refractivity contribution in [2.45, 2.75) is 58.5 Å². The van der Waals surface area contributed by atoms with Crippen LogP contribution in [0.2, 0.25) is 0 Å². The van der Waals surface area contributed by atoms with E-state index in [9.17, 15) is 0 Å². The Morgan fingerprint density at radius 2 is 1.79 bits per heavy atom. The fourth-order valence-electron chi connectivity index (χ4n) is 6.47. The molecule has 1 aromatic rings. The zero-order valence-electron chi connectivity index (χ0n) is 19.2. The van der Waals surface area contributed by atoms with Crippen LogP contribution in [0, 0.1) is 24.7 Å². The Kier molecular flexibility index (Phi) is 5.83. The van der Waals surface area contributed by atoms with E-state index in [1.165, 1.54) is 56.3 Å². The molecule has 3 nitrogen and oxygen atoms in total. The molecule has 2 atom stereocenters. The molecule has 3 heteroatoms. The molecule has 5 rings (SSSR count). The third-order valence-electron chi connectivity index (χ3n) is 8.33. The molecular weight excluding hydrogens is 358 g/mol. The smallest absolute Gasteiger partial charge is 0.125 e. The molecule has 0 aliphatic heterocycles. The third kappa shape index (κ3) is 4.01. The van der Waals surface area contributed by atoms with Crippen LogP contribution >= 0.6 is 0 Å². The predicted octanol–water partition coefficient (Wildman–Crippen LogP) is 5.43. The lowest BCUT2D eigenvalue weighted by Gasteiger charge is -2.57. The molecule has 0 heterocycles. The minimum Gasteiger partial charge on any atom is -0.496 e. The average molecular weight is 399 g/mol. The zero-order valence-corrected chi connectivity index (χ0v) is 19.2. The average Bonchev–Trinajstić information content (AvgIpc) is 2.70. The Morgan fingerprint density at radius 3 is 2.38 bits per heavy atom. The summed E-state index contributed by atoms with van der Waals surface area (Å²) < 4.78 is 13.9. The Balaban J connectivity index is 1.54. The Bertz CT molecular complexity index is 746. The van der Waals surface area contributed by atoms with Gasteiger partial charge in [0.05, 0.1) is 39.5 Å². The third-order valence-corrected chi connectivity index (χ3v) is 8.33. The number of benzene rings is 1. The fraction of sp³-hybridized carbons (Fsp3) is 0.692. The van der Waals surface area contributed by atoms with Crippen LogP contribution in [-0.2, 0) is 9.47 Å². The standard InChI is InChI=1S/C26H40NO2/c1-6-27(4,7-2)11-12-29-26-16-20-14-22(17-26)24(23(15-20)18-26)25(28-5)21-10-8-9-19(3)13-21/h8-10,13,20,22-23H,6-7,11-12,14-18H2,1-5H3/q+1. The second-order valence-electron chi connectivity index (χ2n) is 10.2. The van der Waals surface area contributed by atoms with Crippen LogP contribution in [0.4, 0.5) is 0 Å². The predicted molar refractivity (Wildman–Crippen MR) is 119 cm³/mol. The van der Waals surface area contributed by atoms with Gasteiger partial charge in [0.15, 0.2) is 0 Å². The minimum atomic E-state index is 0.123. The Hall–Kier alpha value is -1.32. The quantitative estimate of drug-likeness (QED) is 0.429. The van der Waals surface area contributed by atoms with Crippen molar-refractivity contribution < 1.29 is 14.0 Å². The van der Waals surface area contributed by atoms with E-state index in [4.69, 9.17) is 9.47 Å². The normalized spacial score (nSPS) is 30.7. The molecule has 0 spiro atoms.